The molecule has 34 heavy (non-hydrogen) atoms. The van der Waals surface area contributed by atoms with Gasteiger partial charge >= 0.3 is 5.97 Å². The highest BCUT2D eigenvalue weighted by Gasteiger charge is 2.13. The smallest absolute Gasteiger partial charge is 0.303 e. The predicted molar refractivity (Wildman–Crippen MR) is 136 cm³/mol. The quantitative estimate of drug-likeness (QED) is 0.304. The van der Waals surface area contributed by atoms with Crippen LogP contribution in [-0.2, 0) is 17.6 Å². The van der Waals surface area contributed by atoms with Crippen LogP contribution in [0.4, 0.5) is 0 Å². The van der Waals surface area contributed by atoms with E-state index in [-0.39, 0.29) is 12.3 Å². The summed E-state index contributed by atoms with van der Waals surface area (Å²) in [5.74, 6) is -0.438. The van der Waals surface area contributed by atoms with E-state index in [1.54, 1.807) is 18.2 Å². The highest BCUT2D eigenvalue weighted by Crippen LogP contribution is 2.24. The summed E-state index contributed by atoms with van der Waals surface area (Å²) >= 11 is 6.10. The van der Waals surface area contributed by atoms with Crippen LogP contribution in [0.15, 0.2) is 66.7 Å². The van der Waals surface area contributed by atoms with Crippen molar-refractivity contribution in [2.24, 2.45) is 0 Å². The lowest BCUT2D eigenvalue weighted by molar-refractivity contribution is -0.136. The predicted octanol–water partition coefficient (Wildman–Crippen LogP) is 6.18. The lowest BCUT2D eigenvalue weighted by Crippen LogP contribution is -2.26. The van der Waals surface area contributed by atoms with E-state index in [9.17, 15) is 9.59 Å². The molecule has 0 heterocycles. The second-order valence-corrected chi connectivity index (χ2v) is 8.57. The molecule has 178 valence electrons. The highest BCUT2D eigenvalue weighted by atomic mass is 35.5. The summed E-state index contributed by atoms with van der Waals surface area (Å²) in [6.45, 7) is 3.15. The number of carboxylic acid groups (broad SMARTS) is 1. The number of unbranched alkanes of at least 4 members (excludes halogenated alkanes) is 1. The molecule has 5 nitrogen and oxygen atoms in total. The van der Waals surface area contributed by atoms with Gasteiger partial charge < -0.3 is 15.2 Å². The van der Waals surface area contributed by atoms with Gasteiger partial charge in [-0.2, -0.15) is 0 Å². The van der Waals surface area contributed by atoms with Crippen LogP contribution < -0.4 is 10.1 Å². The molecular weight excluding hydrogens is 450 g/mol. The fraction of sp³-hybridized carbons (Fsp3) is 0.286. The van der Waals surface area contributed by atoms with Crippen molar-refractivity contribution in [1.82, 2.24) is 5.32 Å². The molecule has 1 amide bonds. The second kappa shape index (κ2) is 12.8. The number of carbonyl (C=O) groups is 2. The standard InChI is InChI=1S/C28H30ClNO4/c1-2-3-18-34-26-14-13-24(29)19-25(26)28(33)30-17-16-21-6-11-23(12-7-21)22-9-4-20(5-10-22)8-15-27(31)32/h4-7,9-14,19H,2-3,8,15-18H2,1H3,(H,30,33)(H,31,32). The molecule has 3 rings (SSSR count). The maximum absolute atomic E-state index is 12.7. The molecule has 0 aliphatic carbocycles. The molecule has 3 aromatic rings. The van der Waals surface area contributed by atoms with Crippen molar-refractivity contribution in [1.29, 1.82) is 0 Å². The molecule has 0 atom stereocenters. The lowest BCUT2D eigenvalue weighted by Gasteiger charge is -2.12. The Bertz CT molecular complexity index is 1090. The van der Waals surface area contributed by atoms with E-state index >= 15 is 0 Å². The van der Waals surface area contributed by atoms with Gasteiger partial charge in [0.05, 0.1) is 12.2 Å². The minimum absolute atomic E-state index is 0.134. The lowest BCUT2D eigenvalue weighted by atomic mass is 10.0. The molecule has 0 aromatic heterocycles. The average Bonchev–Trinajstić information content (AvgIpc) is 2.84. The zero-order valence-corrected chi connectivity index (χ0v) is 20.1. The van der Waals surface area contributed by atoms with E-state index in [4.69, 9.17) is 21.4 Å². The monoisotopic (exact) mass is 479 g/mol. The first-order valence-corrected chi connectivity index (χ1v) is 11.9. The van der Waals surface area contributed by atoms with E-state index in [0.29, 0.717) is 42.3 Å². The number of benzene rings is 3. The Labute approximate surface area is 205 Å². The maximum Gasteiger partial charge on any atom is 0.303 e. The number of amides is 1. The number of carbonyl (C=O) groups excluding carboxylic acids is 1. The Morgan fingerprint density at radius 3 is 2.12 bits per heavy atom. The van der Waals surface area contributed by atoms with Crippen LogP contribution in [-0.4, -0.2) is 30.1 Å². The van der Waals surface area contributed by atoms with Gasteiger partial charge in [-0.15, -0.1) is 0 Å². The average molecular weight is 480 g/mol. The SMILES string of the molecule is CCCCOc1ccc(Cl)cc1C(=O)NCCc1ccc(-c2ccc(CCC(=O)O)cc2)cc1. The summed E-state index contributed by atoms with van der Waals surface area (Å²) in [5, 5.41) is 12.3. The van der Waals surface area contributed by atoms with Gasteiger partial charge in [-0.3, -0.25) is 9.59 Å². The Morgan fingerprint density at radius 2 is 1.53 bits per heavy atom. The van der Waals surface area contributed by atoms with Gasteiger partial charge in [-0.05, 0) is 59.7 Å². The van der Waals surface area contributed by atoms with Gasteiger partial charge in [0.15, 0.2) is 0 Å². The van der Waals surface area contributed by atoms with Crippen molar-refractivity contribution in [3.05, 3.63) is 88.4 Å². The first-order chi connectivity index (χ1) is 16.5. The van der Waals surface area contributed by atoms with Crippen LogP contribution in [0.1, 0.15) is 47.7 Å². The molecule has 2 N–H and O–H groups in total. The first kappa shape index (κ1) is 25.3. The summed E-state index contributed by atoms with van der Waals surface area (Å²) < 4.78 is 5.76. The molecule has 0 spiro atoms. The fourth-order valence-electron chi connectivity index (χ4n) is 3.53. The first-order valence-electron chi connectivity index (χ1n) is 11.6. The van der Waals surface area contributed by atoms with Crippen molar-refractivity contribution in [3.8, 4) is 16.9 Å². The summed E-state index contributed by atoms with van der Waals surface area (Å²) in [4.78, 5) is 23.4. The van der Waals surface area contributed by atoms with Gasteiger partial charge in [0.1, 0.15) is 5.75 Å². The molecule has 0 saturated carbocycles. The van der Waals surface area contributed by atoms with Crippen LogP contribution in [0.2, 0.25) is 5.02 Å². The van der Waals surface area contributed by atoms with Crippen LogP contribution in [0.25, 0.3) is 11.1 Å². The number of hydrogen-bond acceptors (Lipinski definition) is 3. The summed E-state index contributed by atoms with van der Waals surface area (Å²) in [7, 11) is 0. The molecule has 0 aliphatic heterocycles. The summed E-state index contributed by atoms with van der Waals surface area (Å²) in [5.41, 5.74) is 4.75. The van der Waals surface area contributed by atoms with Crippen LogP contribution >= 0.6 is 11.6 Å². The van der Waals surface area contributed by atoms with Crippen LogP contribution in [0.3, 0.4) is 0 Å². The largest absolute Gasteiger partial charge is 0.493 e. The number of hydrogen-bond donors (Lipinski definition) is 2. The molecule has 6 heteroatoms. The topological polar surface area (TPSA) is 75.6 Å². The van der Waals surface area contributed by atoms with Gasteiger partial charge in [0.25, 0.3) is 5.91 Å². The third-order valence-corrected chi connectivity index (χ3v) is 5.74. The normalized spacial score (nSPS) is 10.6. The fourth-order valence-corrected chi connectivity index (χ4v) is 3.70. The van der Waals surface area contributed by atoms with Gasteiger partial charge in [0, 0.05) is 18.0 Å². The van der Waals surface area contributed by atoms with Gasteiger partial charge in [0.2, 0.25) is 0 Å². The van der Waals surface area contributed by atoms with Crippen molar-refractivity contribution in [2.75, 3.05) is 13.2 Å². The van der Waals surface area contributed by atoms with Crippen molar-refractivity contribution in [2.45, 2.75) is 39.0 Å². The van der Waals surface area contributed by atoms with Gasteiger partial charge in [-0.25, -0.2) is 0 Å². The highest BCUT2D eigenvalue weighted by molar-refractivity contribution is 6.31. The molecule has 0 aliphatic rings. The number of ether oxygens (including phenoxy) is 1. The zero-order valence-electron chi connectivity index (χ0n) is 19.4. The van der Waals surface area contributed by atoms with Gasteiger partial charge in [-0.1, -0.05) is 73.5 Å². The molecular formula is C28H30ClNO4. The summed E-state index contributed by atoms with van der Waals surface area (Å²) in [6.07, 6.45) is 3.31. The number of nitrogens with one attached hydrogen (secondary N) is 1. The maximum atomic E-state index is 12.7. The van der Waals surface area contributed by atoms with E-state index in [1.165, 1.54) is 0 Å². The molecule has 0 bridgehead atoms. The number of rotatable bonds is 12. The Kier molecular flexibility index (Phi) is 9.53. The van der Waals surface area contributed by atoms with Crippen molar-refractivity contribution >= 4 is 23.5 Å². The van der Waals surface area contributed by atoms with E-state index in [0.717, 1.165) is 35.1 Å². The summed E-state index contributed by atoms with van der Waals surface area (Å²) in [6, 6.07) is 21.3. The van der Waals surface area contributed by atoms with E-state index < -0.39 is 5.97 Å². The van der Waals surface area contributed by atoms with Crippen molar-refractivity contribution < 1.29 is 19.4 Å². The Morgan fingerprint density at radius 1 is 0.912 bits per heavy atom. The third-order valence-electron chi connectivity index (χ3n) is 5.51. The number of carboxylic acids is 1. The number of aliphatic carboxylic acids is 1. The minimum Gasteiger partial charge on any atom is -0.493 e. The zero-order chi connectivity index (χ0) is 24.3. The molecule has 0 saturated heterocycles. The van der Waals surface area contributed by atoms with E-state index in [2.05, 4.69) is 36.5 Å². The molecule has 0 fully saturated rings. The van der Waals surface area contributed by atoms with E-state index in [1.807, 2.05) is 24.3 Å². The minimum atomic E-state index is -0.788. The van der Waals surface area contributed by atoms with Crippen LogP contribution in [0, 0.1) is 0 Å². The van der Waals surface area contributed by atoms with Crippen LogP contribution in [0.5, 0.6) is 5.75 Å². The third kappa shape index (κ3) is 7.63. The number of aryl methyl sites for hydroxylation is 1. The number of halogens is 1. The molecule has 3 aromatic carbocycles. The Balaban J connectivity index is 1.53. The van der Waals surface area contributed by atoms with Crippen molar-refractivity contribution in [3.63, 3.8) is 0 Å². The molecule has 0 radical (unpaired) electrons. The second-order valence-electron chi connectivity index (χ2n) is 8.14. The Hall–Kier alpha value is -3.31. The molecule has 0 unspecified atom stereocenters.